The molecule has 1 heterocycles. The number of ether oxygens (including phenoxy) is 5. The van der Waals surface area contributed by atoms with Crippen LogP contribution in [0.4, 0.5) is 0 Å². The molecule has 1 aromatic carbocycles. The monoisotopic (exact) mass is 570 g/mol. The van der Waals surface area contributed by atoms with Gasteiger partial charge in [0.1, 0.15) is 12.7 Å². The molecule has 0 radical (unpaired) electrons. The van der Waals surface area contributed by atoms with Crippen molar-refractivity contribution in [3.63, 3.8) is 0 Å². The molecule has 0 bridgehead atoms. The molecule has 1 aliphatic heterocycles. The molecule has 0 amide bonds. The number of esters is 4. The Hall–Kier alpha value is -3.79. The van der Waals surface area contributed by atoms with Crippen LogP contribution < -0.4 is 0 Å². The highest BCUT2D eigenvalue weighted by molar-refractivity contribution is 6.04. The predicted octanol–water partition coefficient (Wildman–Crippen LogP) is 3.95. The van der Waals surface area contributed by atoms with E-state index in [0.29, 0.717) is 19.3 Å². The van der Waals surface area contributed by atoms with E-state index in [4.69, 9.17) is 23.7 Å². The predicted molar refractivity (Wildman–Crippen MR) is 146 cm³/mol. The summed E-state index contributed by atoms with van der Waals surface area (Å²) in [5.74, 6) is -4.16. The summed E-state index contributed by atoms with van der Waals surface area (Å²) in [7, 11) is 0. The van der Waals surface area contributed by atoms with Gasteiger partial charge in [-0.2, -0.15) is 0 Å². The molecule has 1 fully saturated rings. The Morgan fingerprint density at radius 2 is 1.41 bits per heavy atom. The molecular weight excluding hydrogens is 532 g/mol. The maximum absolute atomic E-state index is 13.3. The molecule has 10 heteroatoms. The molecule has 0 spiro atoms. The zero-order valence-electron chi connectivity index (χ0n) is 23.7. The Bertz CT molecular complexity index is 1140. The Balaban J connectivity index is 1.95. The number of rotatable bonds is 13. The molecule has 222 valence electrons. The molecule has 41 heavy (non-hydrogen) atoms. The Morgan fingerprint density at radius 1 is 0.829 bits per heavy atom. The van der Waals surface area contributed by atoms with Gasteiger partial charge in [0.15, 0.2) is 24.1 Å². The van der Waals surface area contributed by atoms with E-state index in [1.54, 1.807) is 26.0 Å². The zero-order valence-corrected chi connectivity index (χ0v) is 23.7. The molecule has 0 aromatic heterocycles. The second-order valence-corrected chi connectivity index (χ2v) is 9.91. The van der Waals surface area contributed by atoms with Gasteiger partial charge in [-0.3, -0.25) is 19.2 Å². The van der Waals surface area contributed by atoms with E-state index in [0.717, 1.165) is 5.56 Å². The quantitative estimate of drug-likeness (QED) is 0.254. The van der Waals surface area contributed by atoms with Crippen LogP contribution in [0.15, 0.2) is 54.1 Å². The van der Waals surface area contributed by atoms with E-state index >= 15 is 0 Å². The second-order valence-electron chi connectivity index (χ2n) is 9.91. The molecule has 1 aliphatic carbocycles. The molecule has 5 atom stereocenters. The first-order valence-electron chi connectivity index (χ1n) is 14.1. The van der Waals surface area contributed by atoms with E-state index in [2.05, 4.69) is 0 Å². The summed E-state index contributed by atoms with van der Waals surface area (Å²) in [6.07, 6.45) is 1.06. The van der Waals surface area contributed by atoms with E-state index in [1.165, 1.54) is 18.2 Å². The first kappa shape index (κ1) is 31.7. The minimum atomic E-state index is -1.34. The van der Waals surface area contributed by atoms with Crippen molar-refractivity contribution in [2.24, 2.45) is 5.92 Å². The third kappa shape index (κ3) is 8.85. The number of allylic oxidation sites excluding steroid dienone is 3. The summed E-state index contributed by atoms with van der Waals surface area (Å²) in [6, 6.07) is 9.06. The van der Waals surface area contributed by atoms with Gasteiger partial charge in [-0.25, -0.2) is 4.79 Å². The summed E-state index contributed by atoms with van der Waals surface area (Å²) in [5, 5.41) is 0. The van der Waals surface area contributed by atoms with Gasteiger partial charge in [-0.05, 0) is 30.9 Å². The minimum Gasteiger partial charge on any atom is -0.457 e. The number of carbonyl (C=O) groups excluding carboxylic acids is 5. The number of hydrogen-bond donors (Lipinski definition) is 0. The van der Waals surface area contributed by atoms with Crippen molar-refractivity contribution in [3.8, 4) is 0 Å². The van der Waals surface area contributed by atoms with Crippen LogP contribution in [-0.2, 0) is 54.3 Å². The first-order chi connectivity index (χ1) is 19.8. The maximum atomic E-state index is 13.3. The molecule has 1 unspecified atom stereocenters. The smallest absolute Gasteiger partial charge is 0.335 e. The molecule has 2 aliphatic rings. The lowest BCUT2D eigenvalue weighted by atomic mass is 9.80. The highest BCUT2D eigenvalue weighted by atomic mass is 16.6. The average molecular weight is 571 g/mol. The molecule has 1 aromatic rings. The second kappa shape index (κ2) is 15.9. The minimum absolute atomic E-state index is 0.00929. The summed E-state index contributed by atoms with van der Waals surface area (Å²) in [4.78, 5) is 64.3. The lowest BCUT2D eigenvalue weighted by Gasteiger charge is -2.43. The summed E-state index contributed by atoms with van der Waals surface area (Å²) < 4.78 is 28.6. The van der Waals surface area contributed by atoms with Crippen molar-refractivity contribution >= 4 is 29.7 Å². The molecule has 0 saturated carbocycles. The van der Waals surface area contributed by atoms with Crippen molar-refractivity contribution < 1.29 is 47.7 Å². The van der Waals surface area contributed by atoms with E-state index < -0.39 is 60.0 Å². The number of hydrogen-bond acceptors (Lipinski definition) is 10. The van der Waals surface area contributed by atoms with Crippen LogP contribution in [0.2, 0.25) is 0 Å². The van der Waals surface area contributed by atoms with Crippen LogP contribution in [0, 0.1) is 5.92 Å². The zero-order chi connectivity index (χ0) is 29.8. The highest BCUT2D eigenvalue weighted by Gasteiger charge is 2.53. The first-order valence-corrected chi connectivity index (χ1v) is 14.1. The molecule has 0 N–H and O–H groups in total. The van der Waals surface area contributed by atoms with Gasteiger partial charge >= 0.3 is 23.9 Å². The molecule has 10 nitrogen and oxygen atoms in total. The van der Waals surface area contributed by atoms with Crippen molar-refractivity contribution in [1.82, 2.24) is 0 Å². The van der Waals surface area contributed by atoms with Crippen molar-refractivity contribution in [1.29, 1.82) is 0 Å². The fourth-order valence-corrected chi connectivity index (χ4v) is 4.67. The third-order valence-corrected chi connectivity index (χ3v) is 6.60. The highest BCUT2D eigenvalue weighted by Crippen LogP contribution is 2.35. The number of benzene rings is 1. The lowest BCUT2D eigenvalue weighted by molar-refractivity contribution is -0.232. The van der Waals surface area contributed by atoms with Gasteiger partial charge in [0.2, 0.25) is 0 Å². The lowest BCUT2D eigenvalue weighted by Crippen LogP contribution is -2.60. The largest absolute Gasteiger partial charge is 0.457 e. The summed E-state index contributed by atoms with van der Waals surface area (Å²) in [5.41, 5.74) is 0.769. The SMILES string of the molecule is CCCC(=O)O[C@@H]1[C@H](OC(=O)CCC)[C@@H](C2C(=O)C=CC=C2C(=O)OCc2ccccc2)OC[C@H]1OC(=O)CCC. The van der Waals surface area contributed by atoms with Gasteiger partial charge in [0.25, 0.3) is 0 Å². The van der Waals surface area contributed by atoms with Gasteiger partial charge in [-0.15, -0.1) is 0 Å². The Kier molecular flexibility index (Phi) is 12.3. The van der Waals surface area contributed by atoms with Crippen molar-refractivity contribution in [2.45, 2.75) is 90.3 Å². The Morgan fingerprint density at radius 3 is 2.02 bits per heavy atom. The van der Waals surface area contributed by atoms with E-state index in [1.807, 2.05) is 25.1 Å². The van der Waals surface area contributed by atoms with Gasteiger partial charge in [-0.1, -0.05) is 63.3 Å². The molecular formula is C31H38O10. The fourth-order valence-electron chi connectivity index (χ4n) is 4.67. The van der Waals surface area contributed by atoms with Crippen LogP contribution >= 0.6 is 0 Å². The number of carbonyl (C=O) groups is 5. The number of ketones is 1. The van der Waals surface area contributed by atoms with Crippen molar-refractivity contribution in [2.75, 3.05) is 6.61 Å². The fraction of sp³-hybridized carbons (Fsp3) is 0.516. The van der Waals surface area contributed by atoms with Crippen molar-refractivity contribution in [3.05, 3.63) is 59.7 Å². The van der Waals surface area contributed by atoms with Crippen LogP contribution in [0.25, 0.3) is 0 Å². The van der Waals surface area contributed by atoms with Gasteiger partial charge < -0.3 is 23.7 Å². The summed E-state index contributed by atoms with van der Waals surface area (Å²) in [6.45, 7) is 5.15. The average Bonchev–Trinajstić information content (AvgIpc) is 2.94. The van der Waals surface area contributed by atoms with Crippen LogP contribution in [-0.4, -0.2) is 60.7 Å². The maximum Gasteiger partial charge on any atom is 0.335 e. The molecule has 1 saturated heterocycles. The van der Waals surface area contributed by atoms with E-state index in [9.17, 15) is 24.0 Å². The molecule has 3 rings (SSSR count). The van der Waals surface area contributed by atoms with Crippen LogP contribution in [0.5, 0.6) is 0 Å². The van der Waals surface area contributed by atoms with Crippen LogP contribution in [0.1, 0.15) is 64.9 Å². The Labute approximate surface area is 240 Å². The van der Waals surface area contributed by atoms with Gasteiger partial charge in [0.05, 0.1) is 18.1 Å². The van der Waals surface area contributed by atoms with E-state index in [-0.39, 0.29) is 38.0 Å². The van der Waals surface area contributed by atoms with Gasteiger partial charge in [0, 0.05) is 19.3 Å². The summed E-state index contributed by atoms with van der Waals surface area (Å²) >= 11 is 0. The topological polar surface area (TPSA) is 132 Å². The van der Waals surface area contributed by atoms with Crippen LogP contribution in [0.3, 0.4) is 0 Å². The third-order valence-electron chi connectivity index (χ3n) is 6.60. The normalized spacial score (nSPS) is 23.7. The standard InChI is InChI=1S/C31H38O10/c1-4-11-24(33)39-23-19-37-29(30(41-26(35)13-6-3)28(23)40-25(34)12-5-2)27-21(16-10-17-22(27)32)31(36)38-18-20-14-8-7-9-15-20/h7-10,14-17,23,27-30H,4-6,11-13,18-19H2,1-3H3/t23-,27?,28+,29-,30+/m1/s1.